The number of carboxylic acids is 1. The molecule has 0 aromatic heterocycles. The molecule has 0 fully saturated rings. The van der Waals surface area contributed by atoms with Crippen molar-refractivity contribution < 1.29 is 42.9 Å². The Labute approximate surface area is 587 Å². The number of esters is 2. The number of likely N-dealkylation sites (N-methyl/N-ethyl adjacent to an activating group) is 1. The zero-order valence-corrected chi connectivity index (χ0v) is 62.8. The minimum Gasteiger partial charge on any atom is -0.545 e. The Morgan fingerprint density at radius 3 is 0.895 bits per heavy atom. The standard InChI is InChI=1S/C86H151NO8/c1-6-8-10-12-14-16-18-20-22-24-26-28-30-32-34-36-37-38-39-40-41-42-43-44-45-46-47-49-51-53-55-57-59-61-63-65-67-69-71-73-75-77-84(89)95-82(81-94-86(85(90)91)92-79-78-87(3,4)5)80-93-83(88)76-74-72-70-68-66-64-62-60-58-56-54-52-50-48-35-33-31-29-27-25-23-21-19-17-15-13-11-9-7-2/h8,10,14,16,19-22,25-28,31-34,37-38,82,86H,6-7,9,11-13,15,17-18,23-24,29-30,35-36,39-81H2,1-5H3/b10-8-,16-14-,21-19-,22-20-,27-25-,28-26-,33-31-,34-32-,38-37-. The fraction of sp³-hybridized carbons (Fsp3) is 0.756. The maximum atomic E-state index is 13.0. The Hall–Kier alpha value is -4.05. The molecule has 0 saturated carbocycles. The molecule has 548 valence electrons. The Balaban J connectivity index is 4.00. The third-order valence-electron chi connectivity index (χ3n) is 17.5. The first-order valence-electron chi connectivity index (χ1n) is 40.0. The average Bonchev–Trinajstić information content (AvgIpc) is 3.54. The van der Waals surface area contributed by atoms with E-state index in [2.05, 4.69) is 123 Å². The van der Waals surface area contributed by atoms with Crippen LogP contribution in [-0.2, 0) is 33.3 Å². The molecule has 0 aliphatic heterocycles. The van der Waals surface area contributed by atoms with Crippen LogP contribution in [0.5, 0.6) is 0 Å². The van der Waals surface area contributed by atoms with E-state index in [0.717, 1.165) is 83.5 Å². The predicted octanol–water partition coefficient (Wildman–Crippen LogP) is 24.4. The first-order chi connectivity index (χ1) is 46.6. The molecule has 0 aromatic rings. The van der Waals surface area contributed by atoms with Crippen LogP contribution in [-0.4, -0.2) is 82.3 Å². The highest BCUT2D eigenvalue weighted by Gasteiger charge is 2.22. The van der Waals surface area contributed by atoms with Gasteiger partial charge in [0.1, 0.15) is 13.2 Å². The van der Waals surface area contributed by atoms with Crippen LogP contribution in [0.2, 0.25) is 0 Å². The van der Waals surface area contributed by atoms with E-state index in [1.54, 1.807) is 0 Å². The lowest BCUT2D eigenvalue weighted by Crippen LogP contribution is -2.44. The van der Waals surface area contributed by atoms with Gasteiger partial charge in [0.15, 0.2) is 12.4 Å². The van der Waals surface area contributed by atoms with Crippen molar-refractivity contribution in [2.45, 2.75) is 373 Å². The van der Waals surface area contributed by atoms with Crippen molar-refractivity contribution in [3.63, 3.8) is 0 Å². The quantitative estimate of drug-likeness (QED) is 0.0195. The van der Waals surface area contributed by atoms with Crippen LogP contribution in [0, 0.1) is 0 Å². The molecule has 0 N–H and O–H groups in total. The van der Waals surface area contributed by atoms with Crippen molar-refractivity contribution in [3.05, 3.63) is 109 Å². The average molecular weight is 1330 g/mol. The summed E-state index contributed by atoms with van der Waals surface area (Å²) in [7, 11) is 5.94. The molecule has 9 heteroatoms. The van der Waals surface area contributed by atoms with Gasteiger partial charge in [-0.2, -0.15) is 0 Å². The normalized spacial score (nSPS) is 13.2. The monoisotopic (exact) mass is 1330 g/mol. The van der Waals surface area contributed by atoms with Crippen molar-refractivity contribution >= 4 is 17.9 Å². The molecule has 0 aliphatic rings. The van der Waals surface area contributed by atoms with Crippen LogP contribution in [0.1, 0.15) is 361 Å². The summed E-state index contributed by atoms with van der Waals surface area (Å²) >= 11 is 0. The summed E-state index contributed by atoms with van der Waals surface area (Å²) in [5.74, 6) is -2.27. The van der Waals surface area contributed by atoms with E-state index >= 15 is 0 Å². The maximum absolute atomic E-state index is 13.0. The molecule has 2 atom stereocenters. The van der Waals surface area contributed by atoms with Gasteiger partial charge in [-0.1, -0.05) is 354 Å². The van der Waals surface area contributed by atoms with Crippen LogP contribution in [0.3, 0.4) is 0 Å². The van der Waals surface area contributed by atoms with Gasteiger partial charge in [0, 0.05) is 12.8 Å². The van der Waals surface area contributed by atoms with Crippen LogP contribution in [0.15, 0.2) is 109 Å². The second-order valence-electron chi connectivity index (χ2n) is 28.0. The molecule has 0 aliphatic carbocycles. The Morgan fingerprint density at radius 1 is 0.326 bits per heavy atom. The summed E-state index contributed by atoms with van der Waals surface area (Å²) in [6, 6.07) is 0. The van der Waals surface area contributed by atoms with Crippen LogP contribution >= 0.6 is 0 Å². The Bertz CT molecular complexity index is 1930. The van der Waals surface area contributed by atoms with Crippen LogP contribution < -0.4 is 5.11 Å². The van der Waals surface area contributed by atoms with Crippen molar-refractivity contribution in [2.24, 2.45) is 0 Å². The summed E-state index contributed by atoms with van der Waals surface area (Å²) in [6.45, 7) is 4.66. The van der Waals surface area contributed by atoms with Gasteiger partial charge >= 0.3 is 11.9 Å². The van der Waals surface area contributed by atoms with E-state index < -0.39 is 24.3 Å². The van der Waals surface area contributed by atoms with E-state index in [-0.39, 0.29) is 32.2 Å². The molecule has 0 aromatic carbocycles. The van der Waals surface area contributed by atoms with E-state index in [4.69, 9.17) is 18.9 Å². The smallest absolute Gasteiger partial charge is 0.306 e. The number of allylic oxidation sites excluding steroid dienone is 18. The summed E-state index contributed by atoms with van der Waals surface area (Å²) in [6.07, 6.45) is 103. The van der Waals surface area contributed by atoms with Crippen LogP contribution in [0.4, 0.5) is 0 Å². The molecule has 0 bridgehead atoms. The first kappa shape index (κ1) is 91.0. The second-order valence-corrected chi connectivity index (χ2v) is 28.0. The van der Waals surface area contributed by atoms with Gasteiger partial charge in [-0.25, -0.2) is 0 Å². The van der Waals surface area contributed by atoms with E-state index in [1.165, 1.54) is 244 Å². The third kappa shape index (κ3) is 77.2. The fourth-order valence-corrected chi connectivity index (χ4v) is 11.4. The number of nitrogens with zero attached hydrogens (tertiary/aromatic N) is 1. The van der Waals surface area contributed by atoms with E-state index in [9.17, 15) is 19.5 Å². The lowest BCUT2D eigenvalue weighted by molar-refractivity contribution is -0.870. The molecule has 9 nitrogen and oxygen atoms in total. The summed E-state index contributed by atoms with van der Waals surface area (Å²) in [4.78, 5) is 37.6. The third-order valence-corrected chi connectivity index (χ3v) is 17.5. The number of aliphatic carboxylic acids is 1. The minimum atomic E-state index is -1.62. The molecule has 95 heavy (non-hydrogen) atoms. The SMILES string of the molecule is CC/C=C\C/C=C\C/C=C\C/C=C\C/C=C\C/C=C\CCCCCCCCCCCCCCCCCCCCCCCCC(=O)OC(COC(=O)CCCCCCCCCCCCCCCC/C=C\C/C=C\C/C=C\CCCCCCC)COC(OCC[N+](C)(C)C)C(=O)[O-]. The number of carbonyl (C=O) groups is 3. The lowest BCUT2D eigenvalue weighted by Gasteiger charge is -2.26. The van der Waals surface area contributed by atoms with Gasteiger partial charge in [-0.3, -0.25) is 9.59 Å². The highest BCUT2D eigenvalue weighted by molar-refractivity contribution is 5.70. The van der Waals surface area contributed by atoms with Crippen molar-refractivity contribution in [1.82, 2.24) is 0 Å². The number of carbonyl (C=O) groups excluding carboxylic acids is 3. The van der Waals surface area contributed by atoms with Gasteiger partial charge in [0.2, 0.25) is 0 Å². The van der Waals surface area contributed by atoms with Gasteiger partial charge in [-0.05, 0) is 103 Å². The van der Waals surface area contributed by atoms with Gasteiger partial charge in [-0.15, -0.1) is 0 Å². The number of carboxylic acid groups (broad SMARTS) is 1. The maximum Gasteiger partial charge on any atom is 0.306 e. The molecular weight excluding hydrogens is 1170 g/mol. The second kappa shape index (κ2) is 75.7. The highest BCUT2D eigenvalue weighted by Crippen LogP contribution is 2.19. The summed E-state index contributed by atoms with van der Waals surface area (Å²) < 4.78 is 22.9. The zero-order valence-electron chi connectivity index (χ0n) is 62.8. The van der Waals surface area contributed by atoms with Crippen LogP contribution in [0.25, 0.3) is 0 Å². The number of quaternary nitrogens is 1. The number of ether oxygens (including phenoxy) is 4. The predicted molar refractivity (Wildman–Crippen MR) is 407 cm³/mol. The van der Waals surface area contributed by atoms with Crippen molar-refractivity contribution in [2.75, 3.05) is 47.5 Å². The summed E-state index contributed by atoms with van der Waals surface area (Å²) in [5, 5.41) is 11.9. The van der Waals surface area contributed by atoms with Crippen molar-refractivity contribution in [1.29, 1.82) is 0 Å². The molecule has 0 spiro atoms. The molecule has 0 radical (unpaired) electrons. The van der Waals surface area contributed by atoms with Gasteiger partial charge < -0.3 is 33.3 Å². The Morgan fingerprint density at radius 2 is 0.600 bits per heavy atom. The lowest BCUT2D eigenvalue weighted by atomic mass is 10.0. The molecule has 0 rings (SSSR count). The topological polar surface area (TPSA) is 111 Å². The van der Waals surface area contributed by atoms with E-state index in [1.807, 2.05) is 21.1 Å². The fourth-order valence-electron chi connectivity index (χ4n) is 11.4. The molecule has 0 heterocycles. The first-order valence-corrected chi connectivity index (χ1v) is 40.0. The van der Waals surface area contributed by atoms with Gasteiger partial charge in [0.05, 0.1) is 40.3 Å². The number of hydrogen-bond donors (Lipinski definition) is 0. The number of unbranched alkanes of at least 4 members (excludes halogenated alkanes) is 41. The van der Waals surface area contributed by atoms with E-state index in [0.29, 0.717) is 23.9 Å². The largest absolute Gasteiger partial charge is 0.545 e. The summed E-state index contributed by atoms with van der Waals surface area (Å²) in [5.41, 5.74) is 0. The van der Waals surface area contributed by atoms with Crippen molar-refractivity contribution in [3.8, 4) is 0 Å². The molecular formula is C86H151NO8. The Kier molecular flexibility index (Phi) is 72.5. The molecule has 0 saturated heterocycles. The number of hydrogen-bond acceptors (Lipinski definition) is 8. The highest BCUT2D eigenvalue weighted by atomic mass is 16.7. The molecule has 2 unspecified atom stereocenters. The minimum absolute atomic E-state index is 0.147. The van der Waals surface area contributed by atoms with Gasteiger partial charge in [0.25, 0.3) is 0 Å². The number of rotatable bonds is 74. The zero-order chi connectivity index (χ0) is 69.0. The molecule has 0 amide bonds.